The van der Waals surface area contributed by atoms with Crippen LogP contribution in [-0.4, -0.2) is 58.1 Å². The number of esters is 1. The first-order valence-electron chi connectivity index (χ1n) is 13.3. The van der Waals surface area contributed by atoms with Gasteiger partial charge in [0.1, 0.15) is 23.7 Å². The highest BCUT2D eigenvalue weighted by molar-refractivity contribution is 6.32. The van der Waals surface area contributed by atoms with Gasteiger partial charge < -0.3 is 23.5 Å². The monoisotopic (exact) mass is 583 g/mol. The number of fused-ring (bicyclic) bond motifs is 1. The molecular formula is C30H34ClN3O7. The van der Waals surface area contributed by atoms with Gasteiger partial charge in [-0.25, -0.2) is 9.59 Å². The molecule has 0 bridgehead atoms. The van der Waals surface area contributed by atoms with E-state index in [2.05, 4.69) is 10.1 Å². The maximum atomic E-state index is 13.2. The van der Waals surface area contributed by atoms with Gasteiger partial charge in [-0.15, -0.1) is 0 Å². The number of ether oxygens (including phenoxy) is 4. The van der Waals surface area contributed by atoms with Gasteiger partial charge in [-0.2, -0.15) is 4.98 Å². The molecule has 0 aliphatic carbocycles. The predicted molar refractivity (Wildman–Crippen MR) is 153 cm³/mol. The van der Waals surface area contributed by atoms with E-state index in [1.54, 1.807) is 58.0 Å². The lowest BCUT2D eigenvalue weighted by atomic mass is 10.1. The van der Waals surface area contributed by atoms with E-state index in [4.69, 9.17) is 35.1 Å². The molecule has 10 nitrogen and oxygen atoms in total. The Morgan fingerprint density at radius 2 is 1.93 bits per heavy atom. The summed E-state index contributed by atoms with van der Waals surface area (Å²) in [6.07, 6.45) is 2.33. The molecule has 0 spiro atoms. The van der Waals surface area contributed by atoms with Crippen molar-refractivity contribution < 1.29 is 33.1 Å². The Labute approximate surface area is 244 Å². The fraction of sp³-hybridized carbons (Fsp3) is 0.400. The van der Waals surface area contributed by atoms with Crippen molar-refractivity contribution in [2.75, 3.05) is 13.2 Å². The van der Waals surface area contributed by atoms with Gasteiger partial charge in [0.2, 0.25) is 5.82 Å². The maximum Gasteiger partial charge on any atom is 0.411 e. The van der Waals surface area contributed by atoms with Crippen LogP contribution in [-0.2, 0) is 20.8 Å². The van der Waals surface area contributed by atoms with E-state index < -0.39 is 23.7 Å². The third-order valence-electron chi connectivity index (χ3n) is 5.81. The van der Waals surface area contributed by atoms with Crippen molar-refractivity contribution in [2.45, 2.75) is 65.8 Å². The SMILES string of the molecule is CCOC(=O)C=CC1COc2ccc(-c3noc(-c4ccc(OC(C)C)c(Cl)c4)n3)cc2CN1C(=O)OC(C)(C)C. The number of benzene rings is 2. The van der Waals surface area contributed by atoms with Crippen molar-refractivity contribution >= 4 is 23.7 Å². The topological polar surface area (TPSA) is 113 Å². The highest BCUT2D eigenvalue weighted by Crippen LogP contribution is 2.33. The molecule has 3 aromatic rings. The Hall–Kier alpha value is -4.05. The molecule has 11 heteroatoms. The predicted octanol–water partition coefficient (Wildman–Crippen LogP) is 6.46. The number of rotatable bonds is 7. The molecule has 218 valence electrons. The second kappa shape index (κ2) is 12.6. The van der Waals surface area contributed by atoms with Crippen molar-refractivity contribution in [3.8, 4) is 34.3 Å². The minimum Gasteiger partial charge on any atom is -0.491 e. The zero-order valence-corrected chi connectivity index (χ0v) is 24.7. The number of aromatic nitrogens is 2. The molecule has 1 amide bonds. The lowest BCUT2D eigenvalue weighted by molar-refractivity contribution is -0.137. The highest BCUT2D eigenvalue weighted by Gasteiger charge is 2.31. The van der Waals surface area contributed by atoms with Crippen LogP contribution in [0.3, 0.4) is 0 Å². The molecule has 1 aromatic heterocycles. The maximum absolute atomic E-state index is 13.2. The number of amides is 1. The summed E-state index contributed by atoms with van der Waals surface area (Å²) >= 11 is 6.39. The molecule has 1 aliphatic heterocycles. The molecular weight excluding hydrogens is 550 g/mol. The number of halogens is 1. The van der Waals surface area contributed by atoms with Gasteiger partial charge in [0.25, 0.3) is 5.89 Å². The van der Waals surface area contributed by atoms with E-state index in [0.29, 0.717) is 44.9 Å². The molecule has 0 N–H and O–H groups in total. The lowest BCUT2D eigenvalue weighted by Gasteiger charge is -2.30. The van der Waals surface area contributed by atoms with E-state index in [1.807, 2.05) is 26.0 Å². The first-order chi connectivity index (χ1) is 19.4. The summed E-state index contributed by atoms with van der Waals surface area (Å²) in [5, 5.41) is 4.59. The van der Waals surface area contributed by atoms with Crippen LogP contribution in [0, 0.1) is 0 Å². The largest absolute Gasteiger partial charge is 0.491 e. The number of hydrogen-bond donors (Lipinski definition) is 0. The number of carbonyl (C=O) groups excluding carboxylic acids is 2. The second-order valence-corrected chi connectivity index (χ2v) is 11.1. The van der Waals surface area contributed by atoms with Crippen molar-refractivity contribution in [3.05, 3.63) is 59.1 Å². The minimum absolute atomic E-state index is 0.0133. The molecule has 4 rings (SSSR count). The van der Waals surface area contributed by atoms with Crippen LogP contribution in [0.1, 0.15) is 47.1 Å². The molecule has 0 radical (unpaired) electrons. The van der Waals surface area contributed by atoms with Crippen molar-refractivity contribution in [1.29, 1.82) is 0 Å². The average Bonchev–Trinajstić information content (AvgIpc) is 3.31. The minimum atomic E-state index is -0.715. The van der Waals surface area contributed by atoms with E-state index in [-0.39, 0.29) is 25.9 Å². The molecule has 0 saturated heterocycles. The Kier molecular flexibility index (Phi) is 9.22. The van der Waals surface area contributed by atoms with Gasteiger partial charge in [-0.1, -0.05) is 22.8 Å². The Bertz CT molecular complexity index is 1430. The third-order valence-corrected chi connectivity index (χ3v) is 6.10. The third kappa shape index (κ3) is 7.79. The Morgan fingerprint density at radius 1 is 1.17 bits per heavy atom. The van der Waals surface area contributed by atoms with Crippen LogP contribution in [0.4, 0.5) is 4.79 Å². The first kappa shape index (κ1) is 29.9. The summed E-state index contributed by atoms with van der Waals surface area (Å²) in [6.45, 7) is 11.5. The van der Waals surface area contributed by atoms with Crippen LogP contribution in [0.2, 0.25) is 5.02 Å². The normalized spacial score (nSPS) is 15.3. The first-order valence-corrected chi connectivity index (χ1v) is 13.7. The fourth-order valence-corrected chi connectivity index (χ4v) is 4.28. The van der Waals surface area contributed by atoms with E-state index in [9.17, 15) is 9.59 Å². The summed E-state index contributed by atoms with van der Waals surface area (Å²) in [5.41, 5.74) is 1.31. The van der Waals surface area contributed by atoms with Crippen LogP contribution in [0.25, 0.3) is 22.8 Å². The zero-order valence-electron chi connectivity index (χ0n) is 24.0. The second-order valence-electron chi connectivity index (χ2n) is 10.7. The molecule has 1 unspecified atom stereocenters. The molecule has 0 fully saturated rings. The highest BCUT2D eigenvalue weighted by atomic mass is 35.5. The molecule has 2 aromatic carbocycles. The number of hydrogen-bond acceptors (Lipinski definition) is 9. The molecule has 1 atom stereocenters. The van der Waals surface area contributed by atoms with Crippen molar-refractivity contribution in [1.82, 2.24) is 15.0 Å². The smallest absolute Gasteiger partial charge is 0.411 e. The molecule has 2 heterocycles. The van der Waals surface area contributed by atoms with Crippen molar-refractivity contribution in [3.63, 3.8) is 0 Å². The van der Waals surface area contributed by atoms with Gasteiger partial charge in [0.15, 0.2) is 0 Å². The summed E-state index contributed by atoms with van der Waals surface area (Å²) in [6, 6.07) is 10.1. The fourth-order valence-electron chi connectivity index (χ4n) is 4.05. The zero-order chi connectivity index (χ0) is 29.7. The number of carbonyl (C=O) groups is 2. The van der Waals surface area contributed by atoms with Crippen LogP contribution < -0.4 is 9.47 Å². The van der Waals surface area contributed by atoms with Crippen LogP contribution in [0.5, 0.6) is 11.5 Å². The van der Waals surface area contributed by atoms with Gasteiger partial charge in [0.05, 0.1) is 30.3 Å². The van der Waals surface area contributed by atoms with Gasteiger partial charge >= 0.3 is 12.1 Å². The Morgan fingerprint density at radius 3 is 2.61 bits per heavy atom. The average molecular weight is 584 g/mol. The Balaban J connectivity index is 1.61. The lowest BCUT2D eigenvalue weighted by Crippen LogP contribution is -2.43. The standard InChI is InChI=1S/C30H34ClN3O7/c1-7-37-26(35)13-10-22-17-38-24-11-8-19(14-21(24)16-34(22)29(36)40-30(4,5)6)27-32-28(41-33-27)20-9-12-25(23(31)15-20)39-18(2)3/h8-15,18,22H,7,16-17H2,1-6H3. The molecule has 0 saturated carbocycles. The quantitative estimate of drug-likeness (QED) is 0.228. The van der Waals surface area contributed by atoms with Crippen molar-refractivity contribution in [2.24, 2.45) is 0 Å². The number of nitrogens with zero attached hydrogens (tertiary/aromatic N) is 3. The summed E-state index contributed by atoms with van der Waals surface area (Å²) in [4.78, 5) is 31.2. The van der Waals surface area contributed by atoms with Crippen LogP contribution in [0.15, 0.2) is 53.1 Å². The molecule has 1 aliphatic rings. The molecule has 41 heavy (non-hydrogen) atoms. The summed E-state index contributed by atoms with van der Waals surface area (Å²) < 4.78 is 27.9. The van der Waals surface area contributed by atoms with E-state index >= 15 is 0 Å². The van der Waals surface area contributed by atoms with E-state index in [1.165, 1.54) is 11.0 Å². The van der Waals surface area contributed by atoms with Gasteiger partial charge in [-0.3, -0.25) is 4.90 Å². The summed E-state index contributed by atoms with van der Waals surface area (Å²) in [7, 11) is 0. The van der Waals surface area contributed by atoms with Crippen LogP contribution >= 0.6 is 11.6 Å². The summed E-state index contributed by atoms with van der Waals surface area (Å²) in [5.74, 6) is 1.31. The van der Waals surface area contributed by atoms with E-state index in [0.717, 1.165) is 0 Å². The van der Waals surface area contributed by atoms with Gasteiger partial charge in [0, 0.05) is 22.8 Å². The van der Waals surface area contributed by atoms with Gasteiger partial charge in [-0.05, 0) is 77.9 Å².